The van der Waals surface area contributed by atoms with Crippen LogP contribution in [0.2, 0.25) is 0 Å². The van der Waals surface area contributed by atoms with E-state index in [2.05, 4.69) is 5.32 Å². The van der Waals surface area contributed by atoms with Gasteiger partial charge in [-0.15, -0.1) is 0 Å². The van der Waals surface area contributed by atoms with Crippen molar-refractivity contribution >= 4 is 11.8 Å². The normalized spacial score (nSPS) is 25.1. The fourth-order valence-corrected chi connectivity index (χ4v) is 2.28. The van der Waals surface area contributed by atoms with E-state index in [0.717, 1.165) is 19.3 Å². The maximum absolute atomic E-state index is 12.1. The fraction of sp³-hybridized carbons (Fsp3) is 0.818. The van der Waals surface area contributed by atoms with Gasteiger partial charge in [-0.2, -0.15) is 0 Å². The summed E-state index contributed by atoms with van der Waals surface area (Å²) >= 11 is 0. The molecular weight excluding hydrogens is 208 g/mol. The van der Waals surface area contributed by atoms with E-state index in [1.165, 1.54) is 0 Å². The molecule has 2 aliphatic rings. The Morgan fingerprint density at radius 1 is 1.44 bits per heavy atom. The van der Waals surface area contributed by atoms with Crippen molar-refractivity contribution in [3.8, 4) is 0 Å². The lowest BCUT2D eigenvalue weighted by Gasteiger charge is -2.38. The number of hydrogen-bond donors (Lipinski definition) is 2. The first-order valence-electron chi connectivity index (χ1n) is 5.93. The Bertz CT molecular complexity index is 289. The van der Waals surface area contributed by atoms with Gasteiger partial charge in [0.05, 0.1) is 6.61 Å². The quantitative estimate of drug-likeness (QED) is 0.687. The number of nitrogens with zero attached hydrogens (tertiary/aromatic N) is 1. The van der Waals surface area contributed by atoms with E-state index in [1.54, 1.807) is 4.90 Å². The van der Waals surface area contributed by atoms with Gasteiger partial charge in [0.15, 0.2) is 0 Å². The first-order valence-corrected chi connectivity index (χ1v) is 5.93. The standard InChI is InChI=1S/C11H18N2O3/c14-7-6-13(8-2-1-3-8)11(16)9-4-5-10(15)12-9/h8-9,14H,1-7H2,(H,12,15)/t9-/m1/s1. The second kappa shape index (κ2) is 4.82. The summed E-state index contributed by atoms with van der Waals surface area (Å²) in [6, 6.07) is -0.0863. The lowest BCUT2D eigenvalue weighted by atomic mass is 9.91. The van der Waals surface area contributed by atoms with Crippen molar-refractivity contribution in [2.45, 2.75) is 44.2 Å². The van der Waals surface area contributed by atoms with Crippen molar-refractivity contribution in [2.24, 2.45) is 0 Å². The number of carbonyl (C=O) groups excluding carboxylic acids is 2. The van der Waals surface area contributed by atoms with E-state index in [0.29, 0.717) is 19.4 Å². The van der Waals surface area contributed by atoms with E-state index >= 15 is 0 Å². The van der Waals surface area contributed by atoms with Gasteiger partial charge < -0.3 is 15.3 Å². The highest BCUT2D eigenvalue weighted by Crippen LogP contribution is 2.26. The third-order valence-electron chi connectivity index (χ3n) is 3.43. The monoisotopic (exact) mass is 226 g/mol. The molecule has 1 heterocycles. The van der Waals surface area contributed by atoms with Crippen molar-refractivity contribution < 1.29 is 14.7 Å². The maximum atomic E-state index is 12.1. The summed E-state index contributed by atoms with van der Waals surface area (Å²) in [7, 11) is 0. The van der Waals surface area contributed by atoms with Crippen molar-refractivity contribution in [3.63, 3.8) is 0 Å². The van der Waals surface area contributed by atoms with Gasteiger partial charge in [0.25, 0.3) is 0 Å². The van der Waals surface area contributed by atoms with Crippen LogP contribution >= 0.6 is 0 Å². The van der Waals surface area contributed by atoms with Gasteiger partial charge in [-0.3, -0.25) is 9.59 Å². The molecule has 1 saturated heterocycles. The molecule has 0 unspecified atom stereocenters. The highest BCUT2D eigenvalue weighted by molar-refractivity contribution is 5.91. The highest BCUT2D eigenvalue weighted by Gasteiger charge is 2.35. The first kappa shape index (κ1) is 11.4. The maximum Gasteiger partial charge on any atom is 0.245 e. The van der Waals surface area contributed by atoms with Gasteiger partial charge in [0.1, 0.15) is 6.04 Å². The number of hydrogen-bond acceptors (Lipinski definition) is 3. The van der Waals surface area contributed by atoms with Gasteiger partial charge in [-0.1, -0.05) is 0 Å². The Balaban J connectivity index is 1.95. The lowest BCUT2D eigenvalue weighted by molar-refractivity contribution is -0.138. The average Bonchev–Trinajstić information content (AvgIpc) is 2.60. The minimum atomic E-state index is -0.361. The fourth-order valence-electron chi connectivity index (χ4n) is 2.28. The van der Waals surface area contributed by atoms with Gasteiger partial charge in [-0.05, 0) is 25.7 Å². The molecule has 1 aliphatic carbocycles. The summed E-state index contributed by atoms with van der Waals surface area (Å²) in [6.45, 7) is 0.374. The molecule has 5 nitrogen and oxygen atoms in total. The van der Waals surface area contributed by atoms with Gasteiger partial charge in [-0.25, -0.2) is 0 Å². The molecule has 0 spiro atoms. The number of aliphatic hydroxyl groups is 1. The van der Waals surface area contributed by atoms with Crippen LogP contribution < -0.4 is 5.32 Å². The Labute approximate surface area is 94.8 Å². The summed E-state index contributed by atoms with van der Waals surface area (Å²) in [5.41, 5.74) is 0. The zero-order chi connectivity index (χ0) is 11.5. The molecule has 2 fully saturated rings. The number of rotatable bonds is 4. The Morgan fingerprint density at radius 2 is 2.19 bits per heavy atom. The second-order valence-electron chi connectivity index (χ2n) is 4.50. The number of aliphatic hydroxyl groups excluding tert-OH is 1. The van der Waals surface area contributed by atoms with Crippen LogP contribution in [0.3, 0.4) is 0 Å². The smallest absolute Gasteiger partial charge is 0.245 e. The molecule has 0 aromatic heterocycles. The SMILES string of the molecule is O=C1CC[C@H](C(=O)N(CCO)C2CCC2)N1. The molecule has 1 aliphatic heterocycles. The minimum Gasteiger partial charge on any atom is -0.395 e. The first-order chi connectivity index (χ1) is 7.72. The molecule has 0 aromatic carbocycles. The zero-order valence-corrected chi connectivity index (χ0v) is 9.32. The summed E-state index contributed by atoms with van der Waals surface area (Å²) in [4.78, 5) is 24.9. The van der Waals surface area contributed by atoms with E-state index in [4.69, 9.17) is 5.11 Å². The predicted octanol–water partition coefficient (Wildman–Crippen LogP) is -0.362. The molecule has 2 rings (SSSR count). The molecule has 16 heavy (non-hydrogen) atoms. The summed E-state index contributed by atoms with van der Waals surface area (Å²) < 4.78 is 0. The van der Waals surface area contributed by atoms with E-state index < -0.39 is 0 Å². The van der Waals surface area contributed by atoms with Gasteiger partial charge >= 0.3 is 0 Å². The number of amides is 2. The van der Waals surface area contributed by atoms with Crippen LogP contribution in [0.4, 0.5) is 0 Å². The molecule has 1 atom stereocenters. The van der Waals surface area contributed by atoms with E-state index in [1.807, 2.05) is 0 Å². The van der Waals surface area contributed by atoms with Crippen LogP contribution in [0.15, 0.2) is 0 Å². The zero-order valence-electron chi connectivity index (χ0n) is 9.32. The van der Waals surface area contributed by atoms with Crippen LogP contribution in [0.1, 0.15) is 32.1 Å². The van der Waals surface area contributed by atoms with Crippen molar-refractivity contribution in [1.82, 2.24) is 10.2 Å². The van der Waals surface area contributed by atoms with Crippen molar-refractivity contribution in [3.05, 3.63) is 0 Å². The summed E-state index contributed by atoms with van der Waals surface area (Å²) in [5.74, 6) is -0.0690. The van der Waals surface area contributed by atoms with Crippen LogP contribution in [0.5, 0.6) is 0 Å². The number of nitrogens with one attached hydrogen (secondary N) is 1. The van der Waals surface area contributed by atoms with E-state index in [9.17, 15) is 9.59 Å². The topological polar surface area (TPSA) is 69.6 Å². The highest BCUT2D eigenvalue weighted by atomic mass is 16.3. The average molecular weight is 226 g/mol. The Morgan fingerprint density at radius 3 is 2.62 bits per heavy atom. The van der Waals surface area contributed by atoms with Crippen LogP contribution in [0, 0.1) is 0 Å². The third-order valence-corrected chi connectivity index (χ3v) is 3.43. The minimum absolute atomic E-state index is 0.0110. The summed E-state index contributed by atoms with van der Waals surface area (Å²) in [6.07, 6.45) is 4.22. The molecule has 5 heteroatoms. The molecule has 90 valence electrons. The largest absolute Gasteiger partial charge is 0.395 e. The van der Waals surface area contributed by atoms with Gasteiger partial charge in [0.2, 0.25) is 11.8 Å². The van der Waals surface area contributed by atoms with Crippen LogP contribution in [-0.4, -0.2) is 47.1 Å². The number of carbonyl (C=O) groups is 2. The molecule has 0 bridgehead atoms. The third kappa shape index (κ3) is 2.19. The Hall–Kier alpha value is -1.10. The molecule has 2 amide bonds. The second-order valence-corrected chi connectivity index (χ2v) is 4.50. The summed E-state index contributed by atoms with van der Waals surface area (Å²) in [5, 5.41) is 11.7. The molecule has 0 aromatic rings. The molecular formula is C11H18N2O3. The van der Waals surface area contributed by atoms with Crippen LogP contribution in [-0.2, 0) is 9.59 Å². The van der Waals surface area contributed by atoms with Crippen molar-refractivity contribution in [1.29, 1.82) is 0 Å². The predicted molar refractivity (Wildman–Crippen MR) is 57.6 cm³/mol. The van der Waals surface area contributed by atoms with Crippen LogP contribution in [0.25, 0.3) is 0 Å². The molecule has 1 saturated carbocycles. The van der Waals surface area contributed by atoms with Crippen molar-refractivity contribution in [2.75, 3.05) is 13.2 Å². The van der Waals surface area contributed by atoms with Gasteiger partial charge in [0, 0.05) is 19.0 Å². The van der Waals surface area contributed by atoms with E-state index in [-0.39, 0.29) is 30.5 Å². The Kier molecular flexibility index (Phi) is 3.43. The molecule has 0 radical (unpaired) electrons. The lowest BCUT2D eigenvalue weighted by Crippen LogP contribution is -2.52. The molecule has 2 N–H and O–H groups in total.